The predicted octanol–water partition coefficient (Wildman–Crippen LogP) is 1.90. The lowest BCUT2D eigenvalue weighted by molar-refractivity contribution is 0.368. The van der Waals surface area contributed by atoms with Crippen molar-refractivity contribution < 1.29 is 4.74 Å². The van der Waals surface area contributed by atoms with Crippen molar-refractivity contribution in [3.05, 3.63) is 46.8 Å². The van der Waals surface area contributed by atoms with Crippen LogP contribution in [0.1, 0.15) is 0 Å². The van der Waals surface area contributed by atoms with Gasteiger partial charge in [0, 0.05) is 18.2 Å². The van der Waals surface area contributed by atoms with Crippen molar-refractivity contribution in [2.24, 2.45) is 0 Å². The van der Waals surface area contributed by atoms with Gasteiger partial charge in [-0.1, -0.05) is 0 Å². The Hall–Kier alpha value is -1.85. The summed E-state index contributed by atoms with van der Waals surface area (Å²) >= 11 is 0. The van der Waals surface area contributed by atoms with Crippen molar-refractivity contribution in [1.82, 2.24) is 14.7 Å². The molecule has 0 atom stereocenters. The number of rotatable bonds is 5. The fourth-order valence-electron chi connectivity index (χ4n) is 1.82. The maximum Gasteiger partial charge on any atom is 0.266 e. The first kappa shape index (κ1) is 17.2. The summed E-state index contributed by atoms with van der Waals surface area (Å²) in [5.41, 5.74) is 1.67. The molecule has 114 valence electrons. The second kappa shape index (κ2) is 7.81. The molecule has 6 heteroatoms. The van der Waals surface area contributed by atoms with Crippen molar-refractivity contribution >= 4 is 12.4 Å². The van der Waals surface area contributed by atoms with Crippen LogP contribution in [0, 0.1) is 0 Å². The van der Waals surface area contributed by atoms with Crippen LogP contribution in [0.4, 0.5) is 0 Å². The average molecular weight is 310 g/mol. The number of methoxy groups -OCH3 is 1. The van der Waals surface area contributed by atoms with Crippen LogP contribution >= 0.6 is 12.4 Å². The zero-order valence-electron chi connectivity index (χ0n) is 12.4. The van der Waals surface area contributed by atoms with Crippen LogP contribution in [-0.4, -0.2) is 42.4 Å². The number of nitrogens with zero attached hydrogens (tertiary/aromatic N) is 3. The third-order valence-corrected chi connectivity index (χ3v) is 3.01. The summed E-state index contributed by atoms with van der Waals surface area (Å²) in [5.74, 6) is 0.801. The molecule has 0 saturated heterocycles. The van der Waals surface area contributed by atoms with E-state index in [-0.39, 0.29) is 18.0 Å². The number of hydrogen-bond donors (Lipinski definition) is 0. The first-order valence-electron chi connectivity index (χ1n) is 6.47. The number of halogens is 1. The quantitative estimate of drug-likeness (QED) is 0.846. The van der Waals surface area contributed by atoms with E-state index in [1.54, 1.807) is 19.2 Å². The molecule has 0 radical (unpaired) electrons. The Labute approximate surface area is 130 Å². The number of aromatic nitrogens is 2. The molecule has 1 heterocycles. The molecule has 0 fully saturated rings. The Morgan fingerprint density at radius 2 is 1.81 bits per heavy atom. The van der Waals surface area contributed by atoms with Gasteiger partial charge in [-0.15, -0.1) is 12.4 Å². The first-order valence-corrected chi connectivity index (χ1v) is 6.47. The molecular weight excluding hydrogens is 290 g/mol. The van der Waals surface area contributed by atoms with Crippen LogP contribution in [-0.2, 0) is 6.54 Å². The SMILES string of the molecule is COc1ccc(-c2ccc(=O)n(CCN(C)C)n2)cc1.Cl. The smallest absolute Gasteiger partial charge is 0.266 e. The monoisotopic (exact) mass is 309 g/mol. The number of ether oxygens (including phenoxy) is 1. The van der Waals surface area contributed by atoms with E-state index >= 15 is 0 Å². The molecule has 0 unspecified atom stereocenters. The Bertz CT molecular complexity index is 624. The summed E-state index contributed by atoms with van der Waals surface area (Å²) < 4.78 is 6.63. The minimum absolute atomic E-state index is 0. The van der Waals surface area contributed by atoms with E-state index in [4.69, 9.17) is 4.74 Å². The topological polar surface area (TPSA) is 47.4 Å². The average Bonchev–Trinajstić information content (AvgIpc) is 2.46. The van der Waals surface area contributed by atoms with E-state index in [1.165, 1.54) is 4.68 Å². The lowest BCUT2D eigenvalue weighted by atomic mass is 10.1. The summed E-state index contributed by atoms with van der Waals surface area (Å²) in [6.07, 6.45) is 0. The molecule has 0 bridgehead atoms. The van der Waals surface area contributed by atoms with E-state index in [9.17, 15) is 4.79 Å². The molecule has 1 aromatic carbocycles. The van der Waals surface area contributed by atoms with Crippen LogP contribution in [0.2, 0.25) is 0 Å². The minimum Gasteiger partial charge on any atom is -0.497 e. The van der Waals surface area contributed by atoms with Crippen LogP contribution in [0.3, 0.4) is 0 Å². The third-order valence-electron chi connectivity index (χ3n) is 3.01. The van der Waals surface area contributed by atoms with E-state index in [0.29, 0.717) is 6.54 Å². The zero-order valence-corrected chi connectivity index (χ0v) is 13.3. The highest BCUT2D eigenvalue weighted by Gasteiger charge is 2.04. The maximum absolute atomic E-state index is 11.8. The highest BCUT2D eigenvalue weighted by atomic mass is 35.5. The second-order valence-electron chi connectivity index (χ2n) is 4.81. The molecule has 0 aliphatic rings. The van der Waals surface area contributed by atoms with E-state index in [1.807, 2.05) is 43.3 Å². The molecule has 2 rings (SSSR count). The molecule has 2 aromatic rings. The highest BCUT2D eigenvalue weighted by molar-refractivity contribution is 5.85. The van der Waals surface area contributed by atoms with Gasteiger partial charge < -0.3 is 9.64 Å². The molecule has 1 aromatic heterocycles. The molecule has 0 spiro atoms. The first-order chi connectivity index (χ1) is 9.60. The Kier molecular flexibility index (Phi) is 6.39. The van der Waals surface area contributed by atoms with Crippen LogP contribution in [0.5, 0.6) is 5.75 Å². The molecule has 0 aliphatic heterocycles. The molecule has 5 nitrogen and oxygen atoms in total. The van der Waals surface area contributed by atoms with E-state index < -0.39 is 0 Å². The van der Waals surface area contributed by atoms with Gasteiger partial charge in [-0.05, 0) is 44.4 Å². The Morgan fingerprint density at radius 3 is 2.38 bits per heavy atom. The van der Waals surface area contributed by atoms with Crippen LogP contribution in [0.25, 0.3) is 11.3 Å². The standard InChI is InChI=1S/C15H19N3O2.ClH/c1-17(2)10-11-18-15(19)9-8-14(16-18)12-4-6-13(20-3)7-5-12;/h4-9H,10-11H2,1-3H3;1H. The van der Waals surface area contributed by atoms with Gasteiger partial charge in [-0.2, -0.15) is 5.10 Å². The Morgan fingerprint density at radius 1 is 1.14 bits per heavy atom. The van der Waals surface area contributed by atoms with E-state index in [0.717, 1.165) is 23.6 Å². The lowest BCUT2D eigenvalue weighted by Crippen LogP contribution is -2.28. The largest absolute Gasteiger partial charge is 0.497 e. The fraction of sp³-hybridized carbons (Fsp3) is 0.333. The van der Waals surface area contributed by atoms with Gasteiger partial charge in [0.25, 0.3) is 5.56 Å². The van der Waals surface area contributed by atoms with Gasteiger partial charge in [0.1, 0.15) is 5.75 Å². The fourth-order valence-corrected chi connectivity index (χ4v) is 1.82. The van der Waals surface area contributed by atoms with Gasteiger partial charge in [-0.3, -0.25) is 4.79 Å². The molecule has 0 amide bonds. The summed E-state index contributed by atoms with van der Waals surface area (Å²) in [6, 6.07) is 10.9. The molecular formula is C15H20ClN3O2. The van der Waals surface area contributed by atoms with Crippen molar-refractivity contribution in [1.29, 1.82) is 0 Å². The van der Waals surface area contributed by atoms with Gasteiger partial charge in [0.05, 0.1) is 19.3 Å². The predicted molar refractivity (Wildman–Crippen MR) is 86.3 cm³/mol. The molecule has 0 N–H and O–H groups in total. The zero-order chi connectivity index (χ0) is 14.5. The molecule has 0 aliphatic carbocycles. The third kappa shape index (κ3) is 4.58. The summed E-state index contributed by atoms with van der Waals surface area (Å²) in [5, 5.41) is 4.41. The second-order valence-corrected chi connectivity index (χ2v) is 4.81. The highest BCUT2D eigenvalue weighted by Crippen LogP contribution is 2.19. The van der Waals surface area contributed by atoms with Crippen LogP contribution < -0.4 is 10.3 Å². The normalized spacial score (nSPS) is 10.3. The molecule has 21 heavy (non-hydrogen) atoms. The minimum atomic E-state index is -0.0795. The van der Waals surface area contributed by atoms with Crippen LogP contribution in [0.15, 0.2) is 41.2 Å². The summed E-state index contributed by atoms with van der Waals surface area (Å²) in [7, 11) is 5.57. The maximum atomic E-state index is 11.8. The van der Waals surface area contributed by atoms with Gasteiger partial charge in [-0.25, -0.2) is 4.68 Å². The Balaban J connectivity index is 0.00000220. The van der Waals surface area contributed by atoms with Crippen molar-refractivity contribution in [2.75, 3.05) is 27.7 Å². The van der Waals surface area contributed by atoms with Gasteiger partial charge in [0.15, 0.2) is 0 Å². The lowest BCUT2D eigenvalue weighted by Gasteiger charge is -2.11. The number of likely N-dealkylation sites (N-methyl/N-ethyl adjacent to an activating group) is 1. The van der Waals surface area contributed by atoms with Crippen molar-refractivity contribution in [3.8, 4) is 17.0 Å². The summed E-state index contributed by atoms with van der Waals surface area (Å²) in [4.78, 5) is 13.8. The summed E-state index contributed by atoms with van der Waals surface area (Å²) in [6.45, 7) is 1.36. The van der Waals surface area contributed by atoms with E-state index in [2.05, 4.69) is 5.10 Å². The van der Waals surface area contributed by atoms with Crippen molar-refractivity contribution in [2.45, 2.75) is 6.54 Å². The number of benzene rings is 1. The number of hydrogen-bond acceptors (Lipinski definition) is 4. The van der Waals surface area contributed by atoms with Gasteiger partial charge >= 0.3 is 0 Å². The van der Waals surface area contributed by atoms with Crippen molar-refractivity contribution in [3.63, 3.8) is 0 Å². The van der Waals surface area contributed by atoms with Gasteiger partial charge in [0.2, 0.25) is 0 Å². The molecule has 0 saturated carbocycles.